The highest BCUT2D eigenvalue weighted by Gasteiger charge is 2.33. The summed E-state index contributed by atoms with van der Waals surface area (Å²) < 4.78 is 1.65. The van der Waals surface area contributed by atoms with E-state index in [2.05, 4.69) is 57.7 Å². The number of anilines is 3. The number of hydrogen-bond acceptors (Lipinski definition) is 8. The molecule has 3 fully saturated rings. The van der Waals surface area contributed by atoms with E-state index in [1.165, 1.54) is 4.90 Å². The van der Waals surface area contributed by atoms with Gasteiger partial charge in [-0.15, -0.1) is 0 Å². The van der Waals surface area contributed by atoms with Crippen molar-refractivity contribution in [3.63, 3.8) is 0 Å². The van der Waals surface area contributed by atoms with Crippen LogP contribution in [-0.2, 0) is 7.05 Å². The molecule has 228 valence electrons. The number of aromatic nitrogens is 3. The molecule has 1 atom stereocenters. The Bertz CT molecular complexity index is 1500. The van der Waals surface area contributed by atoms with Gasteiger partial charge in [-0.05, 0) is 43.2 Å². The van der Waals surface area contributed by atoms with Gasteiger partial charge in [-0.1, -0.05) is 13.8 Å². The van der Waals surface area contributed by atoms with Gasteiger partial charge in [0.15, 0.2) is 0 Å². The zero-order valence-corrected chi connectivity index (χ0v) is 25.6. The Hall–Kier alpha value is -4.12. The van der Waals surface area contributed by atoms with Gasteiger partial charge in [-0.3, -0.25) is 9.69 Å². The van der Waals surface area contributed by atoms with Crippen LogP contribution in [0, 0.1) is 6.92 Å². The van der Waals surface area contributed by atoms with Crippen LogP contribution in [0.2, 0.25) is 0 Å². The second kappa shape index (κ2) is 11.9. The second-order valence-electron chi connectivity index (χ2n) is 12.3. The molecular weight excluding hydrogens is 544 g/mol. The first-order valence-electron chi connectivity index (χ1n) is 15.3. The molecule has 0 spiro atoms. The molecule has 43 heavy (non-hydrogen) atoms. The number of piperazine rings is 3. The maximum Gasteiger partial charge on any atom is 0.407 e. The van der Waals surface area contributed by atoms with E-state index in [1.807, 2.05) is 25.4 Å². The number of hydrogen-bond donors (Lipinski definition) is 1. The highest BCUT2D eigenvalue weighted by molar-refractivity contribution is 5.68. The lowest BCUT2D eigenvalue weighted by atomic mass is 9.97. The second-order valence-corrected chi connectivity index (χ2v) is 12.3. The number of amides is 1. The van der Waals surface area contributed by atoms with Crippen molar-refractivity contribution in [1.82, 2.24) is 24.3 Å². The highest BCUT2D eigenvalue weighted by atomic mass is 16.4. The molecule has 1 unspecified atom stereocenters. The number of pyridine rings is 3. The van der Waals surface area contributed by atoms with Gasteiger partial charge in [0.2, 0.25) is 0 Å². The molecule has 3 aliphatic rings. The summed E-state index contributed by atoms with van der Waals surface area (Å²) in [5, 5.41) is 9.22. The van der Waals surface area contributed by atoms with Crippen LogP contribution in [0.3, 0.4) is 0 Å². The molecule has 1 N–H and O–H groups in total. The predicted octanol–water partition coefficient (Wildman–Crippen LogP) is 3.08. The van der Waals surface area contributed by atoms with E-state index in [-0.39, 0.29) is 11.5 Å². The number of carbonyl (C=O) groups is 1. The summed E-state index contributed by atoms with van der Waals surface area (Å²) in [5.74, 6) is 2.16. The lowest BCUT2D eigenvalue weighted by molar-refractivity contribution is 0.142. The van der Waals surface area contributed by atoms with E-state index < -0.39 is 6.09 Å². The summed E-state index contributed by atoms with van der Waals surface area (Å²) in [4.78, 5) is 44.5. The minimum atomic E-state index is -0.854. The Morgan fingerprint density at radius 2 is 1.58 bits per heavy atom. The lowest BCUT2D eigenvalue weighted by Gasteiger charge is -2.48. The first-order chi connectivity index (χ1) is 20.7. The fraction of sp³-hybridized carbons (Fsp3) is 0.500. The molecule has 3 aromatic rings. The van der Waals surface area contributed by atoms with E-state index in [1.54, 1.807) is 11.6 Å². The third-order valence-electron chi connectivity index (χ3n) is 9.12. The van der Waals surface area contributed by atoms with Crippen molar-refractivity contribution in [2.24, 2.45) is 7.05 Å². The summed E-state index contributed by atoms with van der Waals surface area (Å²) in [6.45, 7) is 14.3. The van der Waals surface area contributed by atoms with E-state index >= 15 is 0 Å². The standard InChI is InChI=1S/C32H42N8O3/c1-22(2)30-27(24-17-23(3)31(41)35(4)19-24)6-8-29(34-30)40-16-10-36-9-15-39(20-26(36)21-40)25-5-7-28(33-18-25)37-11-13-38(14-12-37)32(42)43/h5-8,17-19,22,26H,9-16,20-21H2,1-4H3,(H,42,43). The van der Waals surface area contributed by atoms with E-state index in [9.17, 15) is 14.7 Å². The maximum absolute atomic E-state index is 12.3. The molecule has 11 nitrogen and oxygen atoms in total. The Morgan fingerprint density at radius 3 is 2.23 bits per heavy atom. The zero-order valence-electron chi connectivity index (χ0n) is 25.6. The van der Waals surface area contributed by atoms with Crippen LogP contribution in [0.15, 0.2) is 47.5 Å². The number of carboxylic acid groups (broad SMARTS) is 1. The van der Waals surface area contributed by atoms with Crippen molar-refractivity contribution in [2.75, 3.05) is 80.1 Å². The first kappa shape index (κ1) is 29.0. The number of fused-ring (bicyclic) bond motifs is 1. The summed E-state index contributed by atoms with van der Waals surface area (Å²) in [5.41, 5.74) is 5.05. The van der Waals surface area contributed by atoms with Crippen molar-refractivity contribution in [2.45, 2.75) is 32.7 Å². The number of nitrogens with zero attached hydrogens (tertiary/aromatic N) is 8. The molecule has 0 bridgehead atoms. The Labute approximate surface area is 253 Å². The SMILES string of the molecule is Cc1cc(-c2ccc(N3CCN4CCN(c5ccc(N6CCN(C(=O)O)CC6)nc5)CC4C3)nc2C(C)C)cn(C)c1=O. The molecular formula is C32H42N8O3. The average Bonchev–Trinajstić information content (AvgIpc) is 3.02. The van der Waals surface area contributed by atoms with Crippen LogP contribution in [0.4, 0.5) is 22.1 Å². The van der Waals surface area contributed by atoms with Crippen LogP contribution in [0.25, 0.3) is 11.1 Å². The first-order valence-corrected chi connectivity index (χ1v) is 15.3. The minimum absolute atomic E-state index is 0.0292. The monoisotopic (exact) mass is 586 g/mol. The molecule has 0 aromatic carbocycles. The normalized spacial score (nSPS) is 19.6. The van der Waals surface area contributed by atoms with Crippen molar-refractivity contribution < 1.29 is 9.90 Å². The Morgan fingerprint density at radius 1 is 0.907 bits per heavy atom. The topological polar surface area (TPSA) is 101 Å². The van der Waals surface area contributed by atoms with E-state index in [4.69, 9.17) is 9.97 Å². The molecule has 3 aromatic heterocycles. The summed E-state index contributed by atoms with van der Waals surface area (Å²) in [7, 11) is 1.80. The van der Waals surface area contributed by atoms with Crippen LogP contribution in [0.5, 0.6) is 0 Å². The summed E-state index contributed by atoms with van der Waals surface area (Å²) >= 11 is 0. The van der Waals surface area contributed by atoms with Crippen LogP contribution in [-0.4, -0.2) is 107 Å². The average molecular weight is 587 g/mol. The summed E-state index contributed by atoms with van der Waals surface area (Å²) in [6, 6.07) is 10.9. The third-order valence-corrected chi connectivity index (χ3v) is 9.12. The van der Waals surface area contributed by atoms with E-state index in [0.29, 0.717) is 32.2 Å². The van der Waals surface area contributed by atoms with Gasteiger partial charge in [-0.2, -0.15) is 0 Å². The van der Waals surface area contributed by atoms with Crippen molar-refractivity contribution >= 4 is 23.4 Å². The molecule has 3 saturated heterocycles. The zero-order chi connectivity index (χ0) is 30.2. The molecule has 6 rings (SSSR count). The summed E-state index contributed by atoms with van der Waals surface area (Å²) in [6.07, 6.45) is 3.02. The maximum atomic E-state index is 12.3. The van der Waals surface area contributed by atoms with Crippen molar-refractivity contribution in [3.8, 4) is 11.1 Å². The molecule has 0 aliphatic carbocycles. The van der Waals surface area contributed by atoms with Crippen LogP contribution in [0.1, 0.15) is 31.0 Å². The van der Waals surface area contributed by atoms with Gasteiger partial charge >= 0.3 is 6.09 Å². The third kappa shape index (κ3) is 5.90. The van der Waals surface area contributed by atoms with Gasteiger partial charge in [-0.25, -0.2) is 14.8 Å². The molecule has 11 heteroatoms. The van der Waals surface area contributed by atoms with Gasteiger partial charge in [0, 0.05) is 101 Å². The van der Waals surface area contributed by atoms with Gasteiger partial charge in [0.1, 0.15) is 11.6 Å². The van der Waals surface area contributed by atoms with Gasteiger partial charge in [0.05, 0.1) is 17.6 Å². The van der Waals surface area contributed by atoms with Gasteiger partial charge in [0.25, 0.3) is 5.56 Å². The highest BCUT2D eigenvalue weighted by Crippen LogP contribution is 2.31. The number of rotatable bonds is 5. The Kier molecular flexibility index (Phi) is 8.00. The minimum Gasteiger partial charge on any atom is -0.465 e. The fourth-order valence-corrected chi connectivity index (χ4v) is 6.63. The van der Waals surface area contributed by atoms with Crippen LogP contribution >= 0.6 is 0 Å². The number of aryl methyl sites for hydroxylation is 2. The fourth-order valence-electron chi connectivity index (χ4n) is 6.63. The van der Waals surface area contributed by atoms with Crippen molar-refractivity contribution in [1.29, 1.82) is 0 Å². The van der Waals surface area contributed by atoms with Gasteiger partial charge < -0.3 is 29.3 Å². The quantitative estimate of drug-likeness (QED) is 0.483. The molecule has 1 amide bonds. The molecule has 0 saturated carbocycles. The largest absolute Gasteiger partial charge is 0.465 e. The van der Waals surface area contributed by atoms with Crippen molar-refractivity contribution in [3.05, 3.63) is 64.3 Å². The molecule has 3 aliphatic heterocycles. The lowest BCUT2D eigenvalue weighted by Crippen LogP contribution is -2.62. The van der Waals surface area contributed by atoms with Crippen LogP contribution < -0.4 is 20.3 Å². The Balaban J connectivity index is 1.14. The predicted molar refractivity (Wildman–Crippen MR) is 170 cm³/mol. The van der Waals surface area contributed by atoms with E-state index in [0.717, 1.165) is 79.0 Å². The molecule has 6 heterocycles. The smallest absolute Gasteiger partial charge is 0.407 e. The molecule has 0 radical (unpaired) electrons.